The van der Waals surface area contributed by atoms with Crippen molar-refractivity contribution in [1.82, 2.24) is 15.2 Å². The van der Waals surface area contributed by atoms with Gasteiger partial charge in [-0.1, -0.05) is 0 Å². The van der Waals surface area contributed by atoms with E-state index in [0.29, 0.717) is 17.7 Å². The maximum absolute atomic E-state index is 9.17. The second-order valence-corrected chi connectivity index (χ2v) is 6.20. The summed E-state index contributed by atoms with van der Waals surface area (Å²) in [6, 6.07) is 3.25. The minimum absolute atomic E-state index is 0.526. The topological polar surface area (TPSA) is 52.0 Å². The minimum atomic E-state index is 0.526. The lowest BCUT2D eigenvalue weighted by Crippen LogP contribution is -2.40. The van der Waals surface area contributed by atoms with Crippen molar-refractivity contribution < 1.29 is 0 Å². The Balaban J connectivity index is 2.53. The van der Waals surface area contributed by atoms with Crippen LogP contribution in [-0.4, -0.2) is 35.1 Å². The molecule has 0 saturated carbocycles. The summed E-state index contributed by atoms with van der Waals surface area (Å²) in [5.41, 5.74) is 1.56. The third-order valence-corrected chi connectivity index (χ3v) is 4.05. The molecular weight excluding hydrogens is 268 g/mol. The molecule has 1 aromatic heterocycles. The Morgan fingerprint density at radius 1 is 1.45 bits per heavy atom. The Morgan fingerprint density at radius 3 is 2.55 bits per heavy atom. The van der Waals surface area contributed by atoms with Crippen LogP contribution < -0.4 is 5.32 Å². The van der Waals surface area contributed by atoms with Gasteiger partial charge in [0.2, 0.25) is 0 Å². The highest BCUT2D eigenvalue weighted by atomic mass is 32.1. The highest BCUT2D eigenvalue weighted by molar-refractivity contribution is 7.10. The highest BCUT2D eigenvalue weighted by Gasteiger charge is 2.12. The fourth-order valence-electron chi connectivity index (χ4n) is 2.10. The summed E-state index contributed by atoms with van der Waals surface area (Å²) in [5.74, 6) is 0. The van der Waals surface area contributed by atoms with Crippen LogP contribution in [0.2, 0.25) is 0 Å². The minimum Gasteiger partial charge on any atom is -0.388 e. The van der Waals surface area contributed by atoms with E-state index >= 15 is 0 Å². The van der Waals surface area contributed by atoms with Crippen molar-refractivity contribution in [2.75, 3.05) is 13.1 Å². The van der Waals surface area contributed by atoms with Crippen molar-refractivity contribution in [3.8, 4) is 6.07 Å². The van der Waals surface area contributed by atoms with Gasteiger partial charge in [-0.2, -0.15) is 5.26 Å². The Labute approximate surface area is 126 Å². The van der Waals surface area contributed by atoms with Gasteiger partial charge in [-0.15, -0.1) is 11.3 Å². The first kappa shape index (κ1) is 16.7. The largest absolute Gasteiger partial charge is 0.388 e. The number of aryl methyl sites for hydroxylation is 1. The number of thiazole rings is 1. The van der Waals surface area contributed by atoms with Crippen molar-refractivity contribution in [3.63, 3.8) is 0 Å². The Hall–Kier alpha value is -1.38. The number of allylic oxidation sites excluding steroid dienone is 1. The van der Waals surface area contributed by atoms with Crippen LogP contribution in [0, 0.1) is 18.3 Å². The maximum Gasteiger partial charge on any atom is 0.135 e. The third kappa shape index (κ3) is 4.95. The lowest BCUT2D eigenvalue weighted by molar-refractivity contribution is 0.178. The van der Waals surface area contributed by atoms with E-state index in [2.05, 4.69) is 49.0 Å². The molecule has 0 radical (unpaired) electrons. The molecule has 5 heteroatoms. The number of rotatable bonds is 7. The summed E-state index contributed by atoms with van der Waals surface area (Å²) < 4.78 is 0. The average Bonchev–Trinajstić information content (AvgIpc) is 2.79. The predicted octanol–water partition coefficient (Wildman–Crippen LogP) is 3.02. The van der Waals surface area contributed by atoms with Gasteiger partial charge in [0.05, 0.1) is 0 Å². The molecule has 1 N–H and O–H groups in total. The lowest BCUT2D eigenvalue weighted by atomic mass is 10.2. The van der Waals surface area contributed by atoms with E-state index in [1.165, 1.54) is 11.3 Å². The van der Waals surface area contributed by atoms with E-state index in [9.17, 15) is 5.26 Å². The standard InChI is InChI=1S/C15H24N4S/c1-11(2)19(12(3)4)7-6-17-9-14(8-16)15-18-13(5)10-20-15/h9-12,17H,6-7H2,1-5H3/b14-9+. The fraction of sp³-hybridized carbons (Fsp3) is 0.600. The molecule has 1 aromatic rings. The van der Waals surface area contributed by atoms with E-state index in [-0.39, 0.29) is 0 Å². The van der Waals surface area contributed by atoms with Gasteiger partial charge in [0, 0.05) is 42.4 Å². The second kappa shape index (κ2) is 8.03. The van der Waals surface area contributed by atoms with Crippen LogP contribution in [0.3, 0.4) is 0 Å². The lowest BCUT2D eigenvalue weighted by Gasteiger charge is -2.30. The number of nitrogens with one attached hydrogen (secondary N) is 1. The molecule has 0 aliphatic carbocycles. The molecule has 0 aliphatic rings. The maximum atomic E-state index is 9.17. The van der Waals surface area contributed by atoms with Crippen molar-refractivity contribution in [1.29, 1.82) is 5.26 Å². The van der Waals surface area contributed by atoms with Crippen LogP contribution in [0.4, 0.5) is 0 Å². The highest BCUT2D eigenvalue weighted by Crippen LogP contribution is 2.17. The zero-order chi connectivity index (χ0) is 15.1. The van der Waals surface area contributed by atoms with Crippen LogP contribution in [0.25, 0.3) is 5.57 Å². The zero-order valence-electron chi connectivity index (χ0n) is 13.0. The summed E-state index contributed by atoms with van der Waals surface area (Å²) >= 11 is 1.50. The summed E-state index contributed by atoms with van der Waals surface area (Å²) in [7, 11) is 0. The molecule has 4 nitrogen and oxygen atoms in total. The Morgan fingerprint density at radius 2 is 2.10 bits per heavy atom. The zero-order valence-corrected chi connectivity index (χ0v) is 13.8. The molecule has 0 amide bonds. The number of hydrogen-bond donors (Lipinski definition) is 1. The summed E-state index contributed by atoms with van der Waals surface area (Å²) in [5, 5.41) is 15.1. The number of nitrogens with zero attached hydrogens (tertiary/aromatic N) is 3. The van der Waals surface area contributed by atoms with E-state index in [4.69, 9.17) is 0 Å². The quantitative estimate of drug-likeness (QED) is 0.620. The molecular formula is C15H24N4S. The van der Waals surface area contributed by atoms with E-state index in [0.717, 1.165) is 23.8 Å². The van der Waals surface area contributed by atoms with Gasteiger partial charge >= 0.3 is 0 Å². The Kier molecular flexibility index (Phi) is 6.69. The predicted molar refractivity (Wildman–Crippen MR) is 85.4 cm³/mol. The van der Waals surface area contributed by atoms with Crippen LogP contribution in [0.15, 0.2) is 11.6 Å². The molecule has 1 heterocycles. The van der Waals surface area contributed by atoms with Crippen molar-refractivity contribution >= 4 is 16.9 Å². The molecule has 0 unspecified atom stereocenters. The summed E-state index contributed by atoms with van der Waals surface area (Å²) in [6.07, 6.45) is 1.77. The number of hydrogen-bond acceptors (Lipinski definition) is 5. The molecule has 0 saturated heterocycles. The van der Waals surface area contributed by atoms with Gasteiger partial charge in [-0.3, -0.25) is 4.90 Å². The first-order valence-electron chi connectivity index (χ1n) is 6.97. The van der Waals surface area contributed by atoms with Gasteiger partial charge in [-0.25, -0.2) is 4.98 Å². The van der Waals surface area contributed by atoms with E-state index < -0.39 is 0 Å². The van der Waals surface area contributed by atoms with Crippen LogP contribution >= 0.6 is 11.3 Å². The SMILES string of the molecule is Cc1csc(/C(C#N)=C/NCCN(C(C)C)C(C)C)n1. The molecule has 0 bridgehead atoms. The molecule has 0 fully saturated rings. The van der Waals surface area contributed by atoms with Gasteiger partial charge in [-0.05, 0) is 34.6 Å². The third-order valence-electron chi connectivity index (χ3n) is 3.06. The monoisotopic (exact) mass is 292 g/mol. The van der Waals surface area contributed by atoms with Gasteiger partial charge in [0.15, 0.2) is 0 Å². The first-order valence-corrected chi connectivity index (χ1v) is 7.85. The van der Waals surface area contributed by atoms with Crippen molar-refractivity contribution in [3.05, 3.63) is 22.3 Å². The van der Waals surface area contributed by atoms with Crippen molar-refractivity contribution in [2.24, 2.45) is 0 Å². The second-order valence-electron chi connectivity index (χ2n) is 5.34. The molecule has 20 heavy (non-hydrogen) atoms. The molecule has 0 aromatic carbocycles. The van der Waals surface area contributed by atoms with E-state index in [1.54, 1.807) is 6.20 Å². The normalized spacial score (nSPS) is 12.2. The summed E-state index contributed by atoms with van der Waals surface area (Å²) in [4.78, 5) is 6.75. The number of aromatic nitrogens is 1. The van der Waals surface area contributed by atoms with Gasteiger partial charge < -0.3 is 5.32 Å². The molecule has 1 rings (SSSR count). The van der Waals surface area contributed by atoms with Gasteiger partial charge in [0.25, 0.3) is 0 Å². The molecule has 0 atom stereocenters. The fourth-order valence-corrected chi connectivity index (χ4v) is 2.86. The van der Waals surface area contributed by atoms with Crippen molar-refractivity contribution in [2.45, 2.75) is 46.7 Å². The van der Waals surface area contributed by atoms with Crippen LogP contribution in [-0.2, 0) is 0 Å². The summed E-state index contributed by atoms with van der Waals surface area (Å²) in [6.45, 7) is 12.5. The molecule has 0 aliphatic heterocycles. The Bertz CT molecular complexity index is 474. The van der Waals surface area contributed by atoms with Gasteiger partial charge in [0.1, 0.15) is 16.6 Å². The van der Waals surface area contributed by atoms with Crippen LogP contribution in [0.1, 0.15) is 38.4 Å². The van der Waals surface area contributed by atoms with Crippen LogP contribution in [0.5, 0.6) is 0 Å². The van der Waals surface area contributed by atoms with E-state index in [1.807, 2.05) is 12.3 Å². The smallest absolute Gasteiger partial charge is 0.135 e. The first-order chi connectivity index (χ1) is 9.45. The molecule has 0 spiro atoms. The molecule has 110 valence electrons. The number of nitriles is 1. The average molecular weight is 292 g/mol.